The highest BCUT2D eigenvalue weighted by molar-refractivity contribution is 5.74. The zero-order valence-electron chi connectivity index (χ0n) is 8.84. The summed E-state index contributed by atoms with van der Waals surface area (Å²) in [6.07, 6.45) is -4.46. The van der Waals surface area contributed by atoms with Gasteiger partial charge in [0.05, 0.1) is 18.4 Å². The van der Waals surface area contributed by atoms with Gasteiger partial charge in [-0.15, -0.1) is 0 Å². The summed E-state index contributed by atoms with van der Waals surface area (Å²) in [5, 5.41) is 10.9. The Kier molecular flexibility index (Phi) is 3.82. The molecule has 0 amide bonds. The van der Waals surface area contributed by atoms with E-state index >= 15 is 0 Å². The van der Waals surface area contributed by atoms with Crippen molar-refractivity contribution in [3.05, 3.63) is 23.8 Å². The molecular formula is C10H10F3NO3. The van der Waals surface area contributed by atoms with Crippen molar-refractivity contribution in [2.24, 2.45) is 0 Å². The van der Waals surface area contributed by atoms with Crippen LogP contribution in [0.5, 0.6) is 5.75 Å². The molecule has 7 heteroatoms. The van der Waals surface area contributed by atoms with Crippen molar-refractivity contribution in [1.29, 1.82) is 0 Å². The van der Waals surface area contributed by atoms with Crippen LogP contribution in [-0.2, 0) is 11.0 Å². The van der Waals surface area contributed by atoms with Crippen molar-refractivity contribution in [2.45, 2.75) is 6.18 Å². The van der Waals surface area contributed by atoms with E-state index in [9.17, 15) is 18.0 Å². The normalized spacial score (nSPS) is 11.1. The molecule has 0 atom stereocenters. The summed E-state index contributed by atoms with van der Waals surface area (Å²) in [6, 6.07) is 2.79. The highest BCUT2D eigenvalue weighted by atomic mass is 19.4. The zero-order chi connectivity index (χ0) is 13.1. The third-order valence-corrected chi connectivity index (χ3v) is 1.96. The Morgan fingerprint density at radius 2 is 2.12 bits per heavy atom. The topological polar surface area (TPSA) is 58.6 Å². The fraction of sp³-hybridized carbons (Fsp3) is 0.300. The lowest BCUT2D eigenvalue weighted by molar-refractivity contribution is -0.138. The summed E-state index contributed by atoms with van der Waals surface area (Å²) in [4.78, 5) is 10.3. The Balaban J connectivity index is 2.97. The highest BCUT2D eigenvalue weighted by Gasteiger charge is 2.31. The fourth-order valence-electron chi connectivity index (χ4n) is 1.18. The molecule has 0 aromatic heterocycles. The van der Waals surface area contributed by atoms with Gasteiger partial charge in [0.2, 0.25) is 0 Å². The maximum Gasteiger partial charge on any atom is 0.416 e. The van der Waals surface area contributed by atoms with Crippen LogP contribution in [0.4, 0.5) is 18.9 Å². The number of carboxylic acids is 1. The Bertz CT molecular complexity index is 418. The number of alkyl halides is 3. The molecule has 2 N–H and O–H groups in total. The molecule has 0 saturated carbocycles. The summed E-state index contributed by atoms with van der Waals surface area (Å²) in [5.74, 6) is -1.17. The SMILES string of the molecule is COc1cc(C(F)(F)F)ccc1NCC(=O)O. The number of carbonyl (C=O) groups is 1. The van der Waals surface area contributed by atoms with E-state index in [1.54, 1.807) is 0 Å². The Morgan fingerprint density at radius 1 is 1.47 bits per heavy atom. The van der Waals surface area contributed by atoms with Crippen molar-refractivity contribution >= 4 is 11.7 Å². The molecule has 0 saturated heterocycles. The second-order valence-electron chi connectivity index (χ2n) is 3.16. The molecule has 0 fully saturated rings. The van der Waals surface area contributed by atoms with E-state index in [2.05, 4.69) is 5.32 Å². The number of halogens is 3. The first-order valence-corrected chi connectivity index (χ1v) is 4.55. The van der Waals surface area contributed by atoms with E-state index in [1.165, 1.54) is 7.11 Å². The number of aliphatic carboxylic acids is 1. The number of ether oxygens (including phenoxy) is 1. The molecule has 1 rings (SSSR count). The van der Waals surface area contributed by atoms with Crippen molar-refractivity contribution in [2.75, 3.05) is 19.0 Å². The van der Waals surface area contributed by atoms with E-state index < -0.39 is 24.3 Å². The second kappa shape index (κ2) is 4.94. The predicted molar refractivity (Wildman–Crippen MR) is 54.1 cm³/mol. The molecule has 0 heterocycles. The van der Waals surface area contributed by atoms with Crippen LogP contribution < -0.4 is 10.1 Å². The Hall–Kier alpha value is -1.92. The predicted octanol–water partition coefficient (Wildman–Crippen LogP) is 2.21. The Labute approximate surface area is 95.0 Å². The first-order valence-electron chi connectivity index (χ1n) is 4.55. The first kappa shape index (κ1) is 13.1. The molecule has 1 aromatic rings. The molecule has 1 aromatic carbocycles. The van der Waals surface area contributed by atoms with Gasteiger partial charge in [-0.05, 0) is 18.2 Å². The van der Waals surface area contributed by atoms with Crippen molar-refractivity contribution in [3.63, 3.8) is 0 Å². The number of nitrogens with one attached hydrogen (secondary N) is 1. The molecule has 0 aliphatic carbocycles. The summed E-state index contributed by atoms with van der Waals surface area (Å²) in [5.41, 5.74) is -0.655. The average molecular weight is 249 g/mol. The summed E-state index contributed by atoms with van der Waals surface area (Å²) < 4.78 is 41.9. The fourth-order valence-corrected chi connectivity index (χ4v) is 1.18. The van der Waals surface area contributed by atoms with Gasteiger partial charge in [0.25, 0.3) is 0 Å². The lowest BCUT2D eigenvalue weighted by atomic mass is 10.2. The molecule has 0 bridgehead atoms. The van der Waals surface area contributed by atoms with E-state index in [-0.39, 0.29) is 11.4 Å². The van der Waals surface area contributed by atoms with Crippen LogP contribution in [0.2, 0.25) is 0 Å². The summed E-state index contributed by atoms with van der Waals surface area (Å²) in [6.45, 7) is -0.401. The van der Waals surface area contributed by atoms with Crippen LogP contribution in [0.25, 0.3) is 0 Å². The highest BCUT2D eigenvalue weighted by Crippen LogP contribution is 2.34. The van der Waals surface area contributed by atoms with E-state index in [1.807, 2.05) is 0 Å². The third-order valence-electron chi connectivity index (χ3n) is 1.96. The lowest BCUT2D eigenvalue weighted by Crippen LogP contribution is -2.13. The molecule has 0 unspecified atom stereocenters. The third kappa shape index (κ3) is 3.54. The Morgan fingerprint density at radius 3 is 2.59 bits per heavy atom. The maximum absolute atomic E-state index is 12.4. The van der Waals surface area contributed by atoms with Crippen LogP contribution in [0.1, 0.15) is 5.56 Å². The number of hydrogen-bond acceptors (Lipinski definition) is 3. The molecule has 17 heavy (non-hydrogen) atoms. The average Bonchev–Trinajstić information content (AvgIpc) is 2.24. The van der Waals surface area contributed by atoms with E-state index in [0.29, 0.717) is 0 Å². The van der Waals surface area contributed by atoms with Gasteiger partial charge in [0.15, 0.2) is 0 Å². The molecule has 94 valence electrons. The van der Waals surface area contributed by atoms with E-state index in [0.717, 1.165) is 18.2 Å². The van der Waals surface area contributed by atoms with Crippen molar-refractivity contribution < 1.29 is 27.8 Å². The zero-order valence-corrected chi connectivity index (χ0v) is 8.84. The summed E-state index contributed by atoms with van der Waals surface area (Å²) in [7, 11) is 1.21. The number of rotatable bonds is 4. The van der Waals surface area contributed by atoms with Gasteiger partial charge < -0.3 is 15.2 Å². The van der Waals surface area contributed by atoms with Crippen LogP contribution in [-0.4, -0.2) is 24.7 Å². The van der Waals surface area contributed by atoms with Crippen molar-refractivity contribution in [3.8, 4) is 5.75 Å². The van der Waals surface area contributed by atoms with Gasteiger partial charge in [-0.3, -0.25) is 4.79 Å². The molecule has 0 aliphatic rings. The smallest absolute Gasteiger partial charge is 0.416 e. The molecule has 4 nitrogen and oxygen atoms in total. The summed E-state index contributed by atoms with van der Waals surface area (Å²) >= 11 is 0. The van der Waals surface area contributed by atoms with Gasteiger partial charge in [0, 0.05) is 0 Å². The van der Waals surface area contributed by atoms with Gasteiger partial charge in [-0.1, -0.05) is 0 Å². The number of anilines is 1. The second-order valence-corrected chi connectivity index (χ2v) is 3.16. The number of benzene rings is 1. The standard InChI is InChI=1S/C10H10F3NO3/c1-17-8-4-6(10(11,12)13)2-3-7(8)14-5-9(15)16/h2-4,14H,5H2,1H3,(H,15,16). The van der Waals surface area contributed by atoms with Gasteiger partial charge >= 0.3 is 12.1 Å². The van der Waals surface area contributed by atoms with Gasteiger partial charge in [-0.25, -0.2) is 0 Å². The van der Waals surface area contributed by atoms with Crippen LogP contribution in [0.15, 0.2) is 18.2 Å². The number of carboxylic acid groups (broad SMARTS) is 1. The number of methoxy groups -OCH3 is 1. The minimum atomic E-state index is -4.46. The van der Waals surface area contributed by atoms with Crippen LogP contribution in [0, 0.1) is 0 Å². The van der Waals surface area contributed by atoms with Crippen LogP contribution >= 0.6 is 0 Å². The van der Waals surface area contributed by atoms with Gasteiger partial charge in [-0.2, -0.15) is 13.2 Å². The molecule has 0 radical (unpaired) electrons. The number of hydrogen-bond donors (Lipinski definition) is 2. The monoisotopic (exact) mass is 249 g/mol. The minimum absolute atomic E-state index is 0.0546. The first-order chi connectivity index (χ1) is 7.84. The quantitative estimate of drug-likeness (QED) is 0.858. The van der Waals surface area contributed by atoms with Crippen LogP contribution in [0.3, 0.4) is 0 Å². The molecular weight excluding hydrogens is 239 g/mol. The maximum atomic E-state index is 12.4. The molecule has 0 spiro atoms. The molecule has 0 aliphatic heterocycles. The minimum Gasteiger partial charge on any atom is -0.495 e. The van der Waals surface area contributed by atoms with Gasteiger partial charge in [0.1, 0.15) is 12.3 Å². The van der Waals surface area contributed by atoms with E-state index in [4.69, 9.17) is 9.84 Å². The van der Waals surface area contributed by atoms with Crippen molar-refractivity contribution in [1.82, 2.24) is 0 Å². The largest absolute Gasteiger partial charge is 0.495 e. The lowest BCUT2D eigenvalue weighted by Gasteiger charge is -2.13.